The van der Waals surface area contributed by atoms with Crippen LogP contribution in [0.5, 0.6) is 0 Å². The van der Waals surface area contributed by atoms with Crippen molar-refractivity contribution in [1.29, 1.82) is 0 Å². The van der Waals surface area contributed by atoms with Crippen LogP contribution in [0.25, 0.3) is 0 Å². The van der Waals surface area contributed by atoms with Crippen molar-refractivity contribution < 1.29 is 29.5 Å². The first kappa shape index (κ1) is 22.8. The molecule has 2 aromatic carbocycles. The molecule has 2 rings (SSSR count). The average Bonchev–Trinajstić information content (AvgIpc) is 2.67. The zero-order valence-corrected chi connectivity index (χ0v) is 16.7. The molecule has 1 amide bonds. The second-order valence-electron chi connectivity index (χ2n) is 6.56. The Morgan fingerprint density at radius 1 is 1.10 bits per heavy atom. The number of carbonyl (C=O) groups is 3. The lowest BCUT2D eigenvalue weighted by molar-refractivity contribution is -0.384. The molecule has 0 heterocycles. The molecule has 1 unspecified atom stereocenters. The van der Waals surface area contributed by atoms with E-state index in [0.717, 1.165) is 12.1 Å². The Morgan fingerprint density at radius 3 is 2.23 bits per heavy atom. The van der Waals surface area contributed by atoms with E-state index >= 15 is 0 Å². The van der Waals surface area contributed by atoms with Gasteiger partial charge in [-0.3, -0.25) is 14.9 Å². The summed E-state index contributed by atoms with van der Waals surface area (Å²) in [6.45, 7) is 1.86. The number of nitro groups is 1. The molecule has 0 aromatic heterocycles. The number of rotatable bonds is 9. The van der Waals surface area contributed by atoms with Crippen LogP contribution in [0.3, 0.4) is 0 Å². The number of halogens is 1. The quantitative estimate of drug-likeness (QED) is 0.395. The van der Waals surface area contributed by atoms with E-state index < -0.39 is 45.6 Å². The predicted octanol–water partition coefficient (Wildman–Crippen LogP) is 4.24. The van der Waals surface area contributed by atoms with Crippen LogP contribution >= 0.6 is 11.6 Å². The van der Waals surface area contributed by atoms with Gasteiger partial charge in [-0.25, -0.2) is 9.59 Å². The van der Waals surface area contributed by atoms with Gasteiger partial charge in [-0.2, -0.15) is 0 Å². The van der Waals surface area contributed by atoms with E-state index in [1.807, 2.05) is 6.92 Å². The summed E-state index contributed by atoms with van der Waals surface area (Å²) >= 11 is 5.89. The first-order valence-electron chi connectivity index (χ1n) is 8.99. The minimum Gasteiger partial charge on any atom is -0.478 e. The third kappa shape index (κ3) is 5.32. The van der Waals surface area contributed by atoms with E-state index in [-0.39, 0.29) is 17.0 Å². The van der Waals surface area contributed by atoms with Gasteiger partial charge in [0.05, 0.1) is 15.5 Å². The highest BCUT2D eigenvalue weighted by molar-refractivity contribution is 6.34. The van der Waals surface area contributed by atoms with E-state index in [9.17, 15) is 29.6 Å². The van der Waals surface area contributed by atoms with E-state index in [0.29, 0.717) is 18.4 Å². The molecule has 2 aromatic rings. The number of carbonyl (C=O) groups excluding carboxylic acids is 1. The highest BCUT2D eigenvalue weighted by Gasteiger charge is 2.28. The fourth-order valence-electron chi connectivity index (χ4n) is 3.02. The number of hydrogen-bond acceptors (Lipinski definition) is 5. The largest absolute Gasteiger partial charge is 0.478 e. The summed E-state index contributed by atoms with van der Waals surface area (Å²) in [5, 5.41) is 31.9. The number of nitrogens with one attached hydrogen (secondary N) is 1. The van der Waals surface area contributed by atoms with Crippen molar-refractivity contribution >= 4 is 40.8 Å². The van der Waals surface area contributed by atoms with Gasteiger partial charge in [0, 0.05) is 12.0 Å². The minimum absolute atomic E-state index is 0.107. The van der Waals surface area contributed by atoms with Gasteiger partial charge >= 0.3 is 11.9 Å². The maximum Gasteiger partial charge on any atom is 0.339 e. The van der Waals surface area contributed by atoms with Gasteiger partial charge in [-0.15, -0.1) is 0 Å². The number of nitro benzene ring substituents is 1. The van der Waals surface area contributed by atoms with Crippen molar-refractivity contribution in [1.82, 2.24) is 0 Å². The van der Waals surface area contributed by atoms with E-state index in [4.69, 9.17) is 16.7 Å². The molecule has 10 heteroatoms. The fraction of sp³-hybridized carbons (Fsp3) is 0.250. The molecule has 0 aliphatic rings. The average molecular weight is 435 g/mol. The molecule has 9 nitrogen and oxygen atoms in total. The zero-order chi connectivity index (χ0) is 22.4. The highest BCUT2D eigenvalue weighted by atomic mass is 35.5. The monoisotopic (exact) mass is 434 g/mol. The van der Waals surface area contributed by atoms with Gasteiger partial charge in [-0.1, -0.05) is 37.1 Å². The third-order valence-corrected chi connectivity index (χ3v) is 4.80. The number of nitrogens with zero attached hydrogens (tertiary/aromatic N) is 1. The summed E-state index contributed by atoms with van der Waals surface area (Å²) < 4.78 is 0. The van der Waals surface area contributed by atoms with Crippen molar-refractivity contribution in [3.05, 3.63) is 68.2 Å². The van der Waals surface area contributed by atoms with E-state index in [1.54, 1.807) is 12.1 Å². The highest BCUT2D eigenvalue weighted by Crippen LogP contribution is 2.34. The molecule has 30 heavy (non-hydrogen) atoms. The third-order valence-electron chi connectivity index (χ3n) is 4.48. The van der Waals surface area contributed by atoms with Crippen LogP contribution in [0.15, 0.2) is 36.4 Å². The van der Waals surface area contributed by atoms with Crippen molar-refractivity contribution in [2.75, 3.05) is 5.32 Å². The number of aromatic carboxylic acids is 2. The molecule has 3 N–H and O–H groups in total. The molecule has 0 spiro atoms. The topological polar surface area (TPSA) is 147 Å². The number of carboxylic acid groups (broad SMARTS) is 2. The van der Waals surface area contributed by atoms with Crippen molar-refractivity contribution in [2.24, 2.45) is 5.92 Å². The first-order chi connectivity index (χ1) is 14.1. The number of carboxylic acids is 2. The Balaban J connectivity index is 2.35. The second-order valence-corrected chi connectivity index (χ2v) is 6.97. The van der Waals surface area contributed by atoms with Crippen molar-refractivity contribution in [3.8, 4) is 0 Å². The van der Waals surface area contributed by atoms with Gasteiger partial charge in [-0.05, 0) is 36.6 Å². The minimum atomic E-state index is -1.50. The molecular weight excluding hydrogens is 416 g/mol. The van der Waals surface area contributed by atoms with Crippen LogP contribution in [0.1, 0.15) is 46.0 Å². The normalized spacial score (nSPS) is 11.5. The molecule has 0 fully saturated rings. The Morgan fingerprint density at radius 2 is 1.73 bits per heavy atom. The molecule has 0 saturated carbocycles. The lowest BCUT2D eigenvalue weighted by Crippen LogP contribution is -2.26. The number of anilines is 1. The van der Waals surface area contributed by atoms with Crippen LogP contribution in [-0.4, -0.2) is 33.0 Å². The summed E-state index contributed by atoms with van der Waals surface area (Å²) in [6, 6.07) is 8.13. The van der Waals surface area contributed by atoms with Crippen molar-refractivity contribution in [2.45, 2.75) is 26.2 Å². The number of benzene rings is 2. The van der Waals surface area contributed by atoms with Crippen LogP contribution in [0.4, 0.5) is 11.4 Å². The first-order valence-corrected chi connectivity index (χ1v) is 9.36. The maximum absolute atomic E-state index is 12.9. The molecule has 1 atom stereocenters. The number of hydrogen-bond donors (Lipinski definition) is 3. The van der Waals surface area contributed by atoms with Gasteiger partial charge < -0.3 is 15.5 Å². The molecule has 0 aliphatic carbocycles. The van der Waals surface area contributed by atoms with Gasteiger partial charge in [0.15, 0.2) is 0 Å². The fourth-order valence-corrected chi connectivity index (χ4v) is 3.26. The summed E-state index contributed by atoms with van der Waals surface area (Å²) in [6.07, 6.45) is 1.31. The second kappa shape index (κ2) is 9.84. The predicted molar refractivity (Wildman–Crippen MR) is 109 cm³/mol. The summed E-state index contributed by atoms with van der Waals surface area (Å²) in [5.74, 6) is -3.79. The standard InChI is InChI=1S/C20H19ClN2O7/c1-2-3-13(10-11-4-6-12(7-5-11)19(25)26)18(24)22-17-15(23(29)30)9-8-14(21)16(17)20(27)28/h4-9,13H,2-3,10H2,1H3,(H,22,24)(H,25,26)(H,27,28). The Labute approximate surface area is 176 Å². The zero-order valence-electron chi connectivity index (χ0n) is 15.9. The Kier molecular flexibility index (Phi) is 7.48. The SMILES string of the molecule is CCCC(Cc1ccc(C(=O)O)cc1)C(=O)Nc1c([N+](=O)[O-])ccc(Cl)c1C(=O)O. The Hall–Kier alpha value is -3.46. The molecule has 0 saturated heterocycles. The lowest BCUT2D eigenvalue weighted by atomic mass is 9.93. The molecule has 158 valence electrons. The molecule has 0 radical (unpaired) electrons. The number of amides is 1. The van der Waals surface area contributed by atoms with Gasteiger partial charge in [0.2, 0.25) is 5.91 Å². The van der Waals surface area contributed by atoms with Crippen LogP contribution in [0.2, 0.25) is 5.02 Å². The van der Waals surface area contributed by atoms with E-state index in [2.05, 4.69) is 5.32 Å². The summed E-state index contributed by atoms with van der Waals surface area (Å²) in [7, 11) is 0. The van der Waals surface area contributed by atoms with Crippen LogP contribution < -0.4 is 5.32 Å². The summed E-state index contributed by atoms with van der Waals surface area (Å²) in [4.78, 5) is 46.0. The lowest BCUT2D eigenvalue weighted by Gasteiger charge is -2.18. The smallest absolute Gasteiger partial charge is 0.339 e. The van der Waals surface area contributed by atoms with Crippen LogP contribution in [-0.2, 0) is 11.2 Å². The summed E-state index contributed by atoms with van der Waals surface area (Å²) in [5.41, 5.74) is -0.789. The van der Waals surface area contributed by atoms with Gasteiger partial charge in [0.1, 0.15) is 11.3 Å². The Bertz CT molecular complexity index is 989. The van der Waals surface area contributed by atoms with Gasteiger partial charge in [0.25, 0.3) is 5.69 Å². The van der Waals surface area contributed by atoms with Crippen molar-refractivity contribution in [3.63, 3.8) is 0 Å². The van der Waals surface area contributed by atoms with Crippen LogP contribution in [0, 0.1) is 16.0 Å². The molecule has 0 aliphatic heterocycles. The van der Waals surface area contributed by atoms with E-state index in [1.165, 1.54) is 12.1 Å². The maximum atomic E-state index is 12.9. The molecular formula is C20H19ClN2O7. The molecule has 0 bridgehead atoms.